The molecular formula is C30H20BNO2. The number of benzene rings is 4. The summed E-state index contributed by atoms with van der Waals surface area (Å²) in [4.78, 5) is 4.36. The SMILES string of the molecule is Cc1ccncc1-c1cc2c3c(c1)Oc1c(cccc1-c1ccccc1)B3c1ccccc1O2. The summed E-state index contributed by atoms with van der Waals surface area (Å²) < 4.78 is 13.2. The Morgan fingerprint density at radius 2 is 1.41 bits per heavy atom. The molecule has 4 aromatic carbocycles. The smallest absolute Gasteiger partial charge is 0.260 e. The fourth-order valence-corrected chi connectivity index (χ4v) is 5.24. The highest BCUT2D eigenvalue weighted by Crippen LogP contribution is 2.41. The molecule has 0 aliphatic carbocycles. The fraction of sp³-hybridized carbons (Fsp3) is 0.0333. The summed E-state index contributed by atoms with van der Waals surface area (Å²) in [6.45, 7) is 2.15. The van der Waals surface area contributed by atoms with Crippen molar-refractivity contribution in [3.05, 3.63) is 109 Å². The van der Waals surface area contributed by atoms with Gasteiger partial charge in [-0.05, 0) is 58.8 Å². The number of hydrogen-bond donors (Lipinski definition) is 0. The number of nitrogens with zero attached hydrogens (tertiary/aromatic N) is 1. The highest BCUT2D eigenvalue weighted by Gasteiger charge is 2.41. The van der Waals surface area contributed by atoms with Crippen LogP contribution in [0.4, 0.5) is 0 Å². The number of aromatic nitrogens is 1. The van der Waals surface area contributed by atoms with Crippen LogP contribution in [0.3, 0.4) is 0 Å². The van der Waals surface area contributed by atoms with Gasteiger partial charge in [-0.3, -0.25) is 4.98 Å². The average Bonchev–Trinajstić information content (AvgIpc) is 2.88. The Balaban J connectivity index is 1.51. The van der Waals surface area contributed by atoms with Crippen LogP contribution in [0.1, 0.15) is 5.56 Å². The largest absolute Gasteiger partial charge is 0.458 e. The molecule has 1 aromatic heterocycles. The lowest BCUT2D eigenvalue weighted by Gasteiger charge is -2.34. The maximum absolute atomic E-state index is 6.73. The number of aryl methyl sites for hydroxylation is 1. The molecule has 0 N–H and O–H groups in total. The second-order valence-electron chi connectivity index (χ2n) is 8.84. The third kappa shape index (κ3) is 2.82. The zero-order chi connectivity index (χ0) is 22.6. The van der Waals surface area contributed by atoms with Gasteiger partial charge in [0, 0.05) is 29.0 Å². The second-order valence-corrected chi connectivity index (χ2v) is 8.84. The van der Waals surface area contributed by atoms with E-state index in [-0.39, 0.29) is 6.71 Å². The van der Waals surface area contributed by atoms with Crippen LogP contribution in [0.15, 0.2) is 103 Å². The third-order valence-electron chi connectivity index (χ3n) is 6.85. The van der Waals surface area contributed by atoms with Crippen LogP contribution in [0.2, 0.25) is 0 Å². The number of fused-ring (bicyclic) bond motifs is 4. The number of pyridine rings is 1. The van der Waals surface area contributed by atoms with E-state index in [0.717, 1.165) is 67.2 Å². The van der Waals surface area contributed by atoms with Gasteiger partial charge in [-0.15, -0.1) is 0 Å². The van der Waals surface area contributed by atoms with E-state index in [1.807, 2.05) is 30.6 Å². The Labute approximate surface area is 198 Å². The molecule has 2 aliphatic heterocycles. The van der Waals surface area contributed by atoms with Crippen molar-refractivity contribution in [3.8, 4) is 45.3 Å². The van der Waals surface area contributed by atoms with E-state index in [4.69, 9.17) is 9.47 Å². The van der Waals surface area contributed by atoms with Crippen molar-refractivity contribution >= 4 is 23.1 Å². The lowest BCUT2D eigenvalue weighted by atomic mass is 9.34. The topological polar surface area (TPSA) is 31.4 Å². The summed E-state index contributed by atoms with van der Waals surface area (Å²) in [5.41, 5.74) is 8.93. The first-order chi connectivity index (χ1) is 16.8. The molecule has 0 fully saturated rings. The zero-order valence-electron chi connectivity index (χ0n) is 18.7. The fourth-order valence-electron chi connectivity index (χ4n) is 5.24. The normalized spacial score (nSPS) is 12.7. The molecule has 3 nitrogen and oxygen atoms in total. The highest BCUT2D eigenvalue weighted by atomic mass is 16.5. The van der Waals surface area contributed by atoms with E-state index in [1.165, 1.54) is 0 Å². The van der Waals surface area contributed by atoms with E-state index in [0.29, 0.717) is 0 Å². The predicted molar refractivity (Wildman–Crippen MR) is 138 cm³/mol. The van der Waals surface area contributed by atoms with Gasteiger partial charge in [0.05, 0.1) is 0 Å². The minimum atomic E-state index is 0.0476. The van der Waals surface area contributed by atoms with Gasteiger partial charge in [-0.1, -0.05) is 66.7 Å². The first-order valence-electron chi connectivity index (χ1n) is 11.5. The van der Waals surface area contributed by atoms with Gasteiger partial charge >= 0.3 is 0 Å². The molecule has 0 saturated carbocycles. The molecule has 0 radical (unpaired) electrons. The van der Waals surface area contributed by atoms with Crippen LogP contribution >= 0.6 is 0 Å². The Hall–Kier alpha value is -4.31. The molecule has 0 bridgehead atoms. The molecule has 4 heteroatoms. The summed E-state index contributed by atoms with van der Waals surface area (Å²) in [7, 11) is 0. The number of hydrogen-bond acceptors (Lipinski definition) is 3. The van der Waals surface area contributed by atoms with E-state index in [1.54, 1.807) is 0 Å². The van der Waals surface area contributed by atoms with Crippen LogP contribution < -0.4 is 25.9 Å². The first-order valence-corrected chi connectivity index (χ1v) is 11.5. The molecule has 160 valence electrons. The van der Waals surface area contributed by atoms with E-state index >= 15 is 0 Å². The molecule has 2 aliphatic rings. The van der Waals surface area contributed by atoms with Gasteiger partial charge in [-0.25, -0.2) is 0 Å². The average molecular weight is 437 g/mol. The lowest BCUT2D eigenvalue weighted by molar-refractivity contribution is 0.465. The van der Waals surface area contributed by atoms with Crippen LogP contribution in [0.25, 0.3) is 22.3 Å². The molecule has 7 rings (SSSR count). The van der Waals surface area contributed by atoms with Crippen molar-refractivity contribution in [2.45, 2.75) is 6.92 Å². The standard InChI is InChI=1S/C30H20BNO2/c1-19-14-15-32-18-23(19)21-16-27-29-28(17-21)34-30-22(20-8-3-2-4-9-20)10-7-12-25(30)31(29)24-11-5-6-13-26(24)33-27/h2-18H,1H3. The second kappa shape index (κ2) is 7.36. The molecule has 3 heterocycles. The van der Waals surface area contributed by atoms with Crippen molar-refractivity contribution in [2.75, 3.05) is 0 Å². The van der Waals surface area contributed by atoms with Gasteiger partial charge in [0.1, 0.15) is 23.0 Å². The lowest BCUT2D eigenvalue weighted by Crippen LogP contribution is -2.57. The van der Waals surface area contributed by atoms with Crippen molar-refractivity contribution < 1.29 is 9.47 Å². The van der Waals surface area contributed by atoms with Crippen molar-refractivity contribution in [1.29, 1.82) is 0 Å². The quantitative estimate of drug-likeness (QED) is 0.337. The zero-order valence-corrected chi connectivity index (χ0v) is 18.7. The molecule has 0 unspecified atom stereocenters. The van der Waals surface area contributed by atoms with Gasteiger partial charge in [0.2, 0.25) is 0 Å². The van der Waals surface area contributed by atoms with Crippen molar-refractivity contribution in [3.63, 3.8) is 0 Å². The summed E-state index contributed by atoms with van der Waals surface area (Å²) in [5.74, 6) is 3.49. The third-order valence-corrected chi connectivity index (χ3v) is 6.85. The van der Waals surface area contributed by atoms with Gasteiger partial charge < -0.3 is 9.47 Å². The molecule has 0 saturated heterocycles. The van der Waals surface area contributed by atoms with Gasteiger partial charge in [-0.2, -0.15) is 0 Å². The molecule has 0 amide bonds. The van der Waals surface area contributed by atoms with Crippen molar-refractivity contribution in [1.82, 2.24) is 4.98 Å². The molecular weight excluding hydrogens is 417 g/mol. The summed E-state index contributed by atoms with van der Waals surface area (Å²) >= 11 is 0. The van der Waals surface area contributed by atoms with E-state index in [9.17, 15) is 0 Å². The summed E-state index contributed by atoms with van der Waals surface area (Å²) in [6, 6.07) is 31.5. The van der Waals surface area contributed by atoms with Crippen LogP contribution in [-0.4, -0.2) is 11.7 Å². The minimum absolute atomic E-state index is 0.0476. The Kier molecular flexibility index (Phi) is 4.15. The molecule has 5 aromatic rings. The van der Waals surface area contributed by atoms with Crippen LogP contribution in [-0.2, 0) is 0 Å². The Morgan fingerprint density at radius 3 is 2.26 bits per heavy atom. The van der Waals surface area contributed by atoms with Gasteiger partial charge in [0.25, 0.3) is 6.71 Å². The van der Waals surface area contributed by atoms with Crippen LogP contribution in [0.5, 0.6) is 23.0 Å². The van der Waals surface area contributed by atoms with Crippen LogP contribution in [0, 0.1) is 6.92 Å². The monoisotopic (exact) mass is 437 g/mol. The minimum Gasteiger partial charge on any atom is -0.458 e. The maximum Gasteiger partial charge on any atom is 0.260 e. The van der Waals surface area contributed by atoms with E-state index in [2.05, 4.69) is 84.7 Å². The Bertz CT molecular complexity index is 1580. The maximum atomic E-state index is 6.73. The predicted octanol–water partition coefficient (Wildman–Crippen LogP) is 5.45. The Morgan fingerprint density at radius 1 is 0.647 bits per heavy atom. The summed E-state index contributed by atoms with van der Waals surface area (Å²) in [6.07, 6.45) is 3.73. The number of rotatable bonds is 2. The first kappa shape index (κ1) is 19.2. The molecule has 0 atom stereocenters. The van der Waals surface area contributed by atoms with Gasteiger partial charge in [0.15, 0.2) is 0 Å². The van der Waals surface area contributed by atoms with E-state index < -0.39 is 0 Å². The number of ether oxygens (including phenoxy) is 2. The highest BCUT2D eigenvalue weighted by molar-refractivity contribution is 6.98. The molecule has 0 spiro atoms. The number of para-hydroxylation sites is 2. The summed E-state index contributed by atoms with van der Waals surface area (Å²) in [5, 5.41) is 0. The molecule has 34 heavy (non-hydrogen) atoms. The van der Waals surface area contributed by atoms with Crippen molar-refractivity contribution in [2.24, 2.45) is 0 Å².